The monoisotopic (exact) mass is 224 g/mol. The average molecular weight is 224 g/mol. The number of piperidine rings is 1. The summed E-state index contributed by atoms with van der Waals surface area (Å²) in [5, 5.41) is 12.1. The van der Waals surface area contributed by atoms with Crippen LogP contribution in [0.25, 0.3) is 0 Å². The Morgan fingerprint density at radius 3 is 2.56 bits per heavy atom. The first-order chi connectivity index (χ1) is 7.68. The topological polar surface area (TPSA) is 83.6 Å². The van der Waals surface area contributed by atoms with Crippen LogP contribution >= 0.6 is 0 Å². The van der Waals surface area contributed by atoms with Crippen molar-refractivity contribution in [2.75, 3.05) is 13.1 Å². The van der Waals surface area contributed by atoms with Crippen LogP contribution in [0, 0.1) is 0 Å². The van der Waals surface area contributed by atoms with Gasteiger partial charge in [-0.1, -0.05) is 5.16 Å². The maximum Gasteiger partial charge on any atom is 0.374 e. The lowest BCUT2D eigenvalue weighted by atomic mass is 10.1. The highest BCUT2D eigenvalue weighted by Crippen LogP contribution is 2.13. The van der Waals surface area contributed by atoms with Crippen LogP contribution in [0.2, 0.25) is 0 Å². The smallest absolute Gasteiger partial charge is 0.374 e. The molecule has 1 aromatic rings. The molecule has 0 aliphatic carbocycles. The quantitative estimate of drug-likeness (QED) is 0.810. The van der Waals surface area contributed by atoms with Gasteiger partial charge < -0.3 is 14.5 Å². The Labute approximate surface area is 91.8 Å². The number of hydrogen-bond acceptors (Lipinski definition) is 4. The van der Waals surface area contributed by atoms with Crippen molar-refractivity contribution in [3.8, 4) is 0 Å². The van der Waals surface area contributed by atoms with Crippen LogP contribution in [0.3, 0.4) is 0 Å². The molecule has 6 nitrogen and oxygen atoms in total. The van der Waals surface area contributed by atoms with Gasteiger partial charge in [-0.3, -0.25) is 4.79 Å². The van der Waals surface area contributed by atoms with Crippen LogP contribution < -0.4 is 0 Å². The summed E-state index contributed by atoms with van der Waals surface area (Å²) in [7, 11) is 0. The number of nitrogens with zero attached hydrogens (tertiary/aromatic N) is 2. The molecule has 0 radical (unpaired) electrons. The Kier molecular flexibility index (Phi) is 2.89. The van der Waals surface area contributed by atoms with Crippen molar-refractivity contribution in [3.05, 3.63) is 17.5 Å². The molecule has 1 aliphatic heterocycles. The van der Waals surface area contributed by atoms with E-state index in [-0.39, 0.29) is 17.4 Å². The molecule has 6 heteroatoms. The SMILES string of the molecule is O=C(O)c1cc(C(=O)N2CCCCC2)no1. The van der Waals surface area contributed by atoms with E-state index in [1.807, 2.05) is 0 Å². The summed E-state index contributed by atoms with van der Waals surface area (Å²) in [6, 6.07) is 1.17. The van der Waals surface area contributed by atoms with Crippen molar-refractivity contribution in [3.63, 3.8) is 0 Å². The van der Waals surface area contributed by atoms with Crippen molar-refractivity contribution in [2.45, 2.75) is 19.3 Å². The molecule has 0 atom stereocenters. The highest BCUT2D eigenvalue weighted by Gasteiger charge is 2.22. The third kappa shape index (κ3) is 2.05. The first kappa shape index (κ1) is 10.7. The molecule has 1 saturated heterocycles. The fraction of sp³-hybridized carbons (Fsp3) is 0.500. The lowest BCUT2D eigenvalue weighted by Crippen LogP contribution is -2.35. The molecule has 0 spiro atoms. The molecule has 1 aromatic heterocycles. The predicted molar refractivity (Wildman–Crippen MR) is 53.2 cm³/mol. The average Bonchev–Trinajstić information content (AvgIpc) is 2.78. The van der Waals surface area contributed by atoms with E-state index in [0.717, 1.165) is 19.3 Å². The maximum atomic E-state index is 11.8. The van der Waals surface area contributed by atoms with E-state index in [2.05, 4.69) is 9.68 Å². The van der Waals surface area contributed by atoms with Gasteiger partial charge in [0.2, 0.25) is 5.76 Å². The van der Waals surface area contributed by atoms with Crippen LogP contribution in [-0.2, 0) is 0 Å². The molecule has 1 fully saturated rings. The second-order valence-electron chi connectivity index (χ2n) is 3.73. The molecule has 2 heterocycles. The second-order valence-corrected chi connectivity index (χ2v) is 3.73. The molecule has 16 heavy (non-hydrogen) atoms. The third-order valence-corrected chi connectivity index (χ3v) is 2.58. The number of amides is 1. The van der Waals surface area contributed by atoms with Gasteiger partial charge in [0.1, 0.15) is 0 Å². The van der Waals surface area contributed by atoms with Crippen LogP contribution in [0.5, 0.6) is 0 Å². The number of carbonyl (C=O) groups excluding carboxylic acids is 1. The number of hydrogen-bond donors (Lipinski definition) is 1. The van der Waals surface area contributed by atoms with Crippen LogP contribution in [-0.4, -0.2) is 40.1 Å². The molecular weight excluding hydrogens is 212 g/mol. The summed E-state index contributed by atoms with van der Waals surface area (Å²) < 4.78 is 4.54. The summed E-state index contributed by atoms with van der Waals surface area (Å²) >= 11 is 0. The third-order valence-electron chi connectivity index (χ3n) is 2.58. The highest BCUT2D eigenvalue weighted by atomic mass is 16.5. The van der Waals surface area contributed by atoms with E-state index < -0.39 is 5.97 Å². The molecule has 0 bridgehead atoms. The Morgan fingerprint density at radius 1 is 1.31 bits per heavy atom. The summed E-state index contributed by atoms with van der Waals surface area (Å²) in [6.07, 6.45) is 3.09. The van der Waals surface area contributed by atoms with Crippen LogP contribution in [0.4, 0.5) is 0 Å². The first-order valence-corrected chi connectivity index (χ1v) is 5.18. The number of carbonyl (C=O) groups is 2. The fourth-order valence-corrected chi connectivity index (χ4v) is 1.74. The molecule has 0 saturated carbocycles. The zero-order valence-corrected chi connectivity index (χ0v) is 8.68. The van der Waals surface area contributed by atoms with Gasteiger partial charge in [-0.15, -0.1) is 0 Å². The number of aromatic nitrogens is 1. The Bertz CT molecular complexity index is 407. The number of aromatic carboxylic acids is 1. The van der Waals surface area contributed by atoms with Gasteiger partial charge in [0.25, 0.3) is 5.91 Å². The Morgan fingerprint density at radius 2 is 2.00 bits per heavy atom. The molecule has 86 valence electrons. The predicted octanol–water partition coefficient (Wildman–Crippen LogP) is 0.999. The van der Waals surface area contributed by atoms with E-state index in [9.17, 15) is 9.59 Å². The van der Waals surface area contributed by atoms with Crippen LogP contribution in [0.1, 0.15) is 40.3 Å². The molecular formula is C10H12N2O4. The van der Waals surface area contributed by atoms with Crippen molar-refractivity contribution in [1.82, 2.24) is 10.1 Å². The standard InChI is InChI=1S/C10H12N2O4/c13-9(12-4-2-1-3-5-12)7-6-8(10(14)15)16-11-7/h6H,1-5H2,(H,14,15). The summed E-state index contributed by atoms with van der Waals surface area (Å²) in [5.74, 6) is -1.78. The molecule has 0 unspecified atom stereocenters. The maximum absolute atomic E-state index is 11.8. The van der Waals surface area contributed by atoms with Gasteiger partial charge in [0.15, 0.2) is 5.69 Å². The van der Waals surface area contributed by atoms with Crippen molar-refractivity contribution >= 4 is 11.9 Å². The molecule has 0 aromatic carbocycles. The Balaban J connectivity index is 2.10. The summed E-state index contributed by atoms with van der Waals surface area (Å²) in [4.78, 5) is 24.1. The lowest BCUT2D eigenvalue weighted by molar-refractivity contribution is 0.0647. The lowest BCUT2D eigenvalue weighted by Gasteiger charge is -2.25. The second kappa shape index (κ2) is 4.34. The van der Waals surface area contributed by atoms with Gasteiger partial charge in [0.05, 0.1) is 0 Å². The molecule has 1 amide bonds. The zero-order chi connectivity index (χ0) is 11.5. The van der Waals surface area contributed by atoms with E-state index in [1.165, 1.54) is 6.07 Å². The molecule has 2 rings (SSSR count). The van der Waals surface area contributed by atoms with Gasteiger partial charge in [-0.05, 0) is 19.3 Å². The normalized spacial score (nSPS) is 16.1. The van der Waals surface area contributed by atoms with Crippen molar-refractivity contribution < 1.29 is 19.2 Å². The molecule has 1 aliphatic rings. The fourth-order valence-electron chi connectivity index (χ4n) is 1.74. The minimum absolute atomic E-state index is 0.0688. The van der Waals surface area contributed by atoms with Gasteiger partial charge >= 0.3 is 5.97 Å². The Hall–Kier alpha value is -1.85. The van der Waals surface area contributed by atoms with Gasteiger partial charge in [-0.2, -0.15) is 0 Å². The van der Waals surface area contributed by atoms with Gasteiger partial charge in [-0.25, -0.2) is 4.79 Å². The van der Waals surface area contributed by atoms with Crippen molar-refractivity contribution in [2.24, 2.45) is 0 Å². The number of likely N-dealkylation sites (tertiary alicyclic amines) is 1. The largest absolute Gasteiger partial charge is 0.475 e. The summed E-state index contributed by atoms with van der Waals surface area (Å²) in [6.45, 7) is 1.40. The zero-order valence-electron chi connectivity index (χ0n) is 8.68. The first-order valence-electron chi connectivity index (χ1n) is 5.18. The summed E-state index contributed by atoms with van der Waals surface area (Å²) in [5.41, 5.74) is 0.0688. The van der Waals surface area contributed by atoms with E-state index in [4.69, 9.17) is 5.11 Å². The van der Waals surface area contributed by atoms with Crippen molar-refractivity contribution in [1.29, 1.82) is 0 Å². The number of rotatable bonds is 2. The van der Waals surface area contributed by atoms with E-state index in [1.54, 1.807) is 4.90 Å². The minimum Gasteiger partial charge on any atom is -0.475 e. The number of carboxylic acid groups (broad SMARTS) is 1. The highest BCUT2D eigenvalue weighted by molar-refractivity contribution is 5.94. The van der Waals surface area contributed by atoms with Crippen LogP contribution in [0.15, 0.2) is 10.6 Å². The molecule has 1 N–H and O–H groups in total. The van der Waals surface area contributed by atoms with E-state index in [0.29, 0.717) is 13.1 Å². The van der Waals surface area contributed by atoms with E-state index >= 15 is 0 Å². The van der Waals surface area contributed by atoms with Gasteiger partial charge in [0, 0.05) is 19.2 Å². The number of carboxylic acids is 1. The minimum atomic E-state index is -1.22.